The van der Waals surface area contributed by atoms with Crippen LogP contribution in [0.2, 0.25) is 0 Å². The van der Waals surface area contributed by atoms with Crippen LogP contribution in [0.15, 0.2) is 36.5 Å². The minimum atomic E-state index is 0.324. The highest BCUT2D eigenvalue weighted by Crippen LogP contribution is 1.96. The molecule has 0 heterocycles. The van der Waals surface area contributed by atoms with E-state index in [0.29, 0.717) is 13.1 Å². The maximum atomic E-state index is 9.81. The molecule has 60 valence electrons. The highest BCUT2D eigenvalue weighted by atomic mass is 16.5. The Morgan fingerprint density at radius 3 is 2.82 bits per heavy atom. The van der Waals surface area contributed by atoms with E-state index < -0.39 is 0 Å². The summed E-state index contributed by atoms with van der Waals surface area (Å²) in [6, 6.07) is 0. The molecule has 0 bridgehead atoms. The highest BCUT2D eigenvalue weighted by Gasteiger charge is 1.87. The molecule has 0 N–H and O–H groups in total. The van der Waals surface area contributed by atoms with Gasteiger partial charge in [-0.15, -0.1) is 0 Å². The molecule has 0 aliphatic heterocycles. The van der Waals surface area contributed by atoms with E-state index in [1.165, 1.54) is 0 Å². The predicted octanol–water partition coefficient (Wildman–Crippen LogP) is 1.85. The third kappa shape index (κ3) is 5.15. The van der Waals surface area contributed by atoms with Crippen LogP contribution in [0.3, 0.4) is 0 Å². The number of rotatable bonds is 5. The lowest BCUT2D eigenvalue weighted by molar-refractivity contribution is -0.127. The average molecular weight is 152 g/mol. The molecule has 11 heavy (non-hydrogen) atoms. The number of carbonyl (C=O) groups excluding carboxylic acids is 1. The van der Waals surface area contributed by atoms with Crippen molar-refractivity contribution in [3.63, 3.8) is 0 Å². The van der Waals surface area contributed by atoms with Gasteiger partial charge in [-0.3, -0.25) is 4.79 Å². The van der Waals surface area contributed by atoms with Crippen LogP contribution >= 0.6 is 0 Å². The van der Waals surface area contributed by atoms with Gasteiger partial charge in [0.25, 0.3) is 6.47 Å². The molecule has 0 aliphatic carbocycles. The van der Waals surface area contributed by atoms with Crippen LogP contribution in [0.25, 0.3) is 0 Å². The lowest BCUT2D eigenvalue weighted by Crippen LogP contribution is -1.93. The van der Waals surface area contributed by atoms with E-state index in [1.54, 1.807) is 12.2 Å². The molecule has 0 fully saturated rings. The molecule has 0 saturated carbocycles. The monoisotopic (exact) mass is 152 g/mol. The van der Waals surface area contributed by atoms with Crippen molar-refractivity contribution >= 4 is 6.47 Å². The summed E-state index contributed by atoms with van der Waals surface area (Å²) in [4.78, 5) is 9.81. The van der Waals surface area contributed by atoms with Crippen LogP contribution in [0, 0.1) is 0 Å². The fourth-order valence-corrected chi connectivity index (χ4v) is 0.550. The fourth-order valence-electron chi connectivity index (χ4n) is 0.550. The van der Waals surface area contributed by atoms with E-state index in [4.69, 9.17) is 0 Å². The van der Waals surface area contributed by atoms with E-state index in [9.17, 15) is 4.79 Å². The number of allylic oxidation sites excluding steroid dienone is 3. The first-order valence-electron chi connectivity index (χ1n) is 3.34. The van der Waals surface area contributed by atoms with Gasteiger partial charge in [0.15, 0.2) is 0 Å². The molecule has 0 radical (unpaired) electrons. The zero-order valence-corrected chi connectivity index (χ0v) is 6.62. The fraction of sp³-hybridized carbons (Fsp3) is 0.222. The zero-order valence-electron chi connectivity index (χ0n) is 6.62. The normalized spacial score (nSPS) is 11.5. The Labute approximate surface area is 66.9 Å². The summed E-state index contributed by atoms with van der Waals surface area (Å²) < 4.78 is 4.55. The predicted molar refractivity (Wildman–Crippen MR) is 45.1 cm³/mol. The lowest BCUT2D eigenvalue weighted by atomic mass is 10.2. The van der Waals surface area contributed by atoms with Crippen molar-refractivity contribution in [2.24, 2.45) is 0 Å². The lowest BCUT2D eigenvalue weighted by Gasteiger charge is -1.97. The molecule has 0 spiro atoms. The summed E-state index contributed by atoms with van der Waals surface area (Å²) in [6.07, 6.45) is 7.19. The molecule has 0 atom stereocenters. The Balaban J connectivity index is 3.86. The third-order valence-electron chi connectivity index (χ3n) is 1.14. The van der Waals surface area contributed by atoms with Crippen molar-refractivity contribution in [3.05, 3.63) is 36.5 Å². The Kier molecular flexibility index (Phi) is 5.99. The van der Waals surface area contributed by atoms with Gasteiger partial charge < -0.3 is 4.74 Å². The summed E-state index contributed by atoms with van der Waals surface area (Å²) in [5.41, 5.74) is 0.956. The Hall–Kier alpha value is -1.31. The van der Waals surface area contributed by atoms with Crippen molar-refractivity contribution in [2.75, 3.05) is 6.61 Å². The second kappa shape index (κ2) is 6.81. The maximum Gasteiger partial charge on any atom is 0.293 e. The third-order valence-corrected chi connectivity index (χ3v) is 1.14. The highest BCUT2D eigenvalue weighted by molar-refractivity contribution is 5.38. The van der Waals surface area contributed by atoms with Crippen LogP contribution in [0.4, 0.5) is 0 Å². The molecule has 0 amide bonds. The molecule has 0 aliphatic rings. The van der Waals surface area contributed by atoms with Gasteiger partial charge >= 0.3 is 0 Å². The average Bonchev–Trinajstić information content (AvgIpc) is 2.05. The minimum Gasteiger partial charge on any atom is -0.463 e. The van der Waals surface area contributed by atoms with E-state index in [-0.39, 0.29) is 0 Å². The van der Waals surface area contributed by atoms with Crippen LogP contribution in [-0.4, -0.2) is 13.1 Å². The van der Waals surface area contributed by atoms with Crippen LogP contribution in [-0.2, 0) is 9.53 Å². The topological polar surface area (TPSA) is 26.3 Å². The molecule has 0 unspecified atom stereocenters. The molecular weight excluding hydrogens is 140 g/mol. The zero-order chi connectivity index (χ0) is 8.53. The van der Waals surface area contributed by atoms with Gasteiger partial charge in [0.1, 0.15) is 6.61 Å². The molecule has 2 nitrogen and oxygen atoms in total. The van der Waals surface area contributed by atoms with Crippen molar-refractivity contribution in [1.29, 1.82) is 0 Å². The van der Waals surface area contributed by atoms with E-state index in [1.807, 2.05) is 19.1 Å². The number of hydrogen-bond acceptors (Lipinski definition) is 2. The van der Waals surface area contributed by atoms with Gasteiger partial charge in [0.2, 0.25) is 0 Å². The van der Waals surface area contributed by atoms with Crippen molar-refractivity contribution < 1.29 is 9.53 Å². The molecule has 2 heteroatoms. The summed E-state index contributed by atoms with van der Waals surface area (Å²) in [5.74, 6) is 0. The first-order valence-corrected chi connectivity index (χ1v) is 3.34. The quantitative estimate of drug-likeness (QED) is 0.444. The minimum absolute atomic E-state index is 0.324. The standard InChI is InChI=1S/C9H12O2/c1-3-5-6-9(4-2)7-11-8-10/h3-6,8H,1,7H2,2H3/b6-5-,9-4+. The SMILES string of the molecule is C=C/C=C\C(=C/C)COC=O. The van der Waals surface area contributed by atoms with Gasteiger partial charge in [-0.2, -0.15) is 0 Å². The smallest absolute Gasteiger partial charge is 0.293 e. The second-order valence-electron chi connectivity index (χ2n) is 1.87. The Morgan fingerprint density at radius 2 is 2.36 bits per heavy atom. The summed E-state index contributed by atoms with van der Waals surface area (Å²) >= 11 is 0. The molecule has 0 aromatic rings. The summed E-state index contributed by atoms with van der Waals surface area (Å²) in [7, 11) is 0. The van der Waals surface area contributed by atoms with Crippen LogP contribution in [0.1, 0.15) is 6.92 Å². The van der Waals surface area contributed by atoms with Crippen LogP contribution < -0.4 is 0 Å². The molecule has 0 aromatic carbocycles. The first-order chi connectivity index (χ1) is 5.35. The van der Waals surface area contributed by atoms with E-state index in [0.717, 1.165) is 5.57 Å². The van der Waals surface area contributed by atoms with Crippen molar-refractivity contribution in [2.45, 2.75) is 6.92 Å². The van der Waals surface area contributed by atoms with E-state index >= 15 is 0 Å². The number of hydrogen-bond donors (Lipinski definition) is 0. The second-order valence-corrected chi connectivity index (χ2v) is 1.87. The van der Waals surface area contributed by atoms with Crippen molar-refractivity contribution in [1.82, 2.24) is 0 Å². The van der Waals surface area contributed by atoms with Crippen LogP contribution in [0.5, 0.6) is 0 Å². The van der Waals surface area contributed by atoms with Gasteiger partial charge in [-0.05, 0) is 12.5 Å². The summed E-state index contributed by atoms with van der Waals surface area (Å²) in [6.45, 7) is 6.17. The largest absolute Gasteiger partial charge is 0.463 e. The van der Waals surface area contributed by atoms with Gasteiger partial charge in [0, 0.05) is 0 Å². The Morgan fingerprint density at radius 1 is 1.64 bits per heavy atom. The van der Waals surface area contributed by atoms with Gasteiger partial charge in [-0.25, -0.2) is 0 Å². The molecule has 0 rings (SSSR count). The molecule has 0 aromatic heterocycles. The van der Waals surface area contributed by atoms with Crippen molar-refractivity contribution in [3.8, 4) is 0 Å². The molecular formula is C9H12O2. The van der Waals surface area contributed by atoms with E-state index in [2.05, 4.69) is 11.3 Å². The van der Waals surface area contributed by atoms with Gasteiger partial charge in [0.05, 0.1) is 0 Å². The first kappa shape index (κ1) is 9.69. The molecule has 0 saturated heterocycles. The van der Waals surface area contributed by atoms with Gasteiger partial charge in [-0.1, -0.05) is 30.9 Å². The Bertz CT molecular complexity index is 178. The number of ether oxygens (including phenoxy) is 1. The maximum absolute atomic E-state index is 9.81. The summed E-state index contributed by atoms with van der Waals surface area (Å²) in [5, 5.41) is 0. The number of carbonyl (C=O) groups is 1.